The van der Waals surface area contributed by atoms with E-state index in [-0.39, 0.29) is 42.0 Å². The predicted molar refractivity (Wildman–Crippen MR) is 146 cm³/mol. The molecule has 2 saturated heterocycles. The Hall–Kier alpha value is -3.04. The quantitative estimate of drug-likeness (QED) is 0.564. The van der Waals surface area contributed by atoms with Crippen LogP contribution in [0.5, 0.6) is 0 Å². The van der Waals surface area contributed by atoms with Crippen LogP contribution in [0.1, 0.15) is 62.0 Å². The van der Waals surface area contributed by atoms with Crippen molar-refractivity contribution in [2.45, 2.75) is 76.0 Å². The Bertz CT molecular complexity index is 1220. The fraction of sp³-hybridized carbons (Fsp3) is 0.517. The van der Waals surface area contributed by atoms with Crippen molar-refractivity contribution in [1.82, 2.24) is 15.1 Å². The van der Waals surface area contributed by atoms with Gasteiger partial charge < -0.3 is 20.9 Å². The maximum Gasteiger partial charge on any atom is 0.262 e. The van der Waals surface area contributed by atoms with Crippen LogP contribution in [0.25, 0.3) is 10.4 Å². The number of likely N-dealkylation sites (tertiary alicyclic amines) is 2. The molecule has 2 aromatic rings. The molecule has 3 amide bonds. The maximum absolute atomic E-state index is 13.8. The molecule has 1 aromatic carbocycles. The second-order valence-corrected chi connectivity index (χ2v) is 12.4. The monoisotopic (exact) mass is 536 g/mol. The highest BCUT2D eigenvalue weighted by atomic mass is 32.1. The average Bonchev–Trinajstić information content (AvgIpc) is 3.69. The first-order chi connectivity index (χ1) is 18.2. The van der Waals surface area contributed by atoms with Gasteiger partial charge in [-0.1, -0.05) is 57.0 Å². The van der Waals surface area contributed by atoms with Gasteiger partial charge in [-0.05, 0) is 49.3 Å². The number of nitrogens with zero attached hydrogens (tertiary/aromatic N) is 2. The van der Waals surface area contributed by atoms with E-state index in [0.717, 1.165) is 23.3 Å². The molecule has 2 aliphatic heterocycles. The first-order valence-corrected chi connectivity index (χ1v) is 14.4. The minimum absolute atomic E-state index is 0.00440. The lowest BCUT2D eigenvalue weighted by Gasteiger charge is -2.32. The molecule has 3 heterocycles. The van der Waals surface area contributed by atoms with Gasteiger partial charge in [0.2, 0.25) is 11.8 Å². The lowest BCUT2D eigenvalue weighted by atomic mass is 9.96. The number of hydrogen-bond donors (Lipinski definition) is 2. The van der Waals surface area contributed by atoms with Gasteiger partial charge in [0.15, 0.2) is 5.78 Å². The third kappa shape index (κ3) is 5.01. The fourth-order valence-corrected chi connectivity index (χ4v) is 7.10. The molecule has 202 valence electrons. The van der Waals surface area contributed by atoms with Crippen LogP contribution >= 0.6 is 11.3 Å². The Balaban J connectivity index is 1.30. The molecule has 0 spiro atoms. The summed E-state index contributed by atoms with van der Waals surface area (Å²) in [6.45, 7) is 4.38. The van der Waals surface area contributed by atoms with Crippen LogP contribution in [-0.4, -0.2) is 70.1 Å². The molecule has 0 radical (unpaired) electrons. The highest BCUT2D eigenvalue weighted by molar-refractivity contribution is 7.17. The van der Waals surface area contributed by atoms with Crippen molar-refractivity contribution < 1.29 is 19.2 Å². The Kier molecular flexibility index (Phi) is 7.42. The summed E-state index contributed by atoms with van der Waals surface area (Å²) in [6, 6.07) is 11.8. The summed E-state index contributed by atoms with van der Waals surface area (Å²) < 4.78 is 0. The Morgan fingerprint density at radius 2 is 1.79 bits per heavy atom. The number of Topliss-reactive ketones (excluding diaryl/α,β-unsaturated/α-hetero) is 1. The van der Waals surface area contributed by atoms with Gasteiger partial charge >= 0.3 is 0 Å². The molecule has 38 heavy (non-hydrogen) atoms. The first-order valence-electron chi connectivity index (χ1n) is 13.6. The van der Waals surface area contributed by atoms with E-state index in [1.807, 2.05) is 50.2 Å². The lowest BCUT2D eigenvalue weighted by Crippen LogP contribution is -2.56. The molecule has 3 atom stereocenters. The third-order valence-electron chi connectivity index (χ3n) is 8.09. The van der Waals surface area contributed by atoms with Gasteiger partial charge in [-0.3, -0.25) is 19.2 Å². The first kappa shape index (κ1) is 26.6. The largest absolute Gasteiger partial charge is 0.340 e. The van der Waals surface area contributed by atoms with Crippen molar-refractivity contribution in [1.29, 1.82) is 0 Å². The predicted octanol–water partition coefficient (Wildman–Crippen LogP) is 3.21. The topological polar surface area (TPSA) is 113 Å². The zero-order valence-electron chi connectivity index (χ0n) is 22.0. The smallest absolute Gasteiger partial charge is 0.262 e. The zero-order chi connectivity index (χ0) is 27.0. The van der Waals surface area contributed by atoms with Crippen LogP contribution in [0.2, 0.25) is 0 Å². The molecular formula is C29H36N4O4S. The lowest BCUT2D eigenvalue weighted by molar-refractivity contribution is -0.138. The second kappa shape index (κ2) is 10.6. The van der Waals surface area contributed by atoms with Crippen molar-refractivity contribution in [3.05, 3.63) is 47.3 Å². The number of hydrogen-bond acceptors (Lipinski definition) is 6. The van der Waals surface area contributed by atoms with Gasteiger partial charge in [-0.25, -0.2) is 0 Å². The number of carbonyl (C=O) groups is 4. The van der Waals surface area contributed by atoms with E-state index in [2.05, 4.69) is 5.32 Å². The molecule has 0 bridgehead atoms. The Morgan fingerprint density at radius 3 is 2.47 bits per heavy atom. The molecule has 1 saturated carbocycles. The number of thiophene rings is 1. The SMILES string of the molecule is CC(C)CC(NC(=O)c1ccc(-c2ccccc2)s1)C(=O)N1CCC2C1C(=O)CN2C(=O)C1(N)CCCC1. The third-order valence-corrected chi connectivity index (χ3v) is 9.22. The van der Waals surface area contributed by atoms with Crippen molar-refractivity contribution in [2.24, 2.45) is 11.7 Å². The number of carbonyl (C=O) groups excluding carboxylic acids is 4. The van der Waals surface area contributed by atoms with Crippen LogP contribution in [0, 0.1) is 5.92 Å². The van der Waals surface area contributed by atoms with E-state index >= 15 is 0 Å². The van der Waals surface area contributed by atoms with Crippen molar-refractivity contribution >= 4 is 34.8 Å². The highest BCUT2D eigenvalue weighted by Crippen LogP contribution is 2.36. The summed E-state index contributed by atoms with van der Waals surface area (Å²) in [7, 11) is 0. The second-order valence-electron chi connectivity index (χ2n) is 11.3. The van der Waals surface area contributed by atoms with E-state index in [0.29, 0.717) is 37.1 Å². The van der Waals surface area contributed by atoms with E-state index in [1.165, 1.54) is 11.3 Å². The summed E-state index contributed by atoms with van der Waals surface area (Å²) >= 11 is 1.38. The molecule has 1 aromatic heterocycles. The summed E-state index contributed by atoms with van der Waals surface area (Å²) in [5.41, 5.74) is 6.56. The van der Waals surface area contributed by atoms with Crippen molar-refractivity contribution in [3.63, 3.8) is 0 Å². The molecule has 3 fully saturated rings. The molecule has 9 heteroatoms. The molecule has 3 unspecified atom stereocenters. The number of benzene rings is 1. The van der Waals surface area contributed by atoms with Crippen molar-refractivity contribution in [2.75, 3.05) is 13.1 Å². The summed E-state index contributed by atoms with van der Waals surface area (Å²) in [6.07, 6.45) is 4.09. The van der Waals surface area contributed by atoms with Gasteiger partial charge in [-0.15, -0.1) is 11.3 Å². The number of ketones is 1. The molecule has 1 aliphatic carbocycles. The van der Waals surface area contributed by atoms with Gasteiger partial charge in [0.1, 0.15) is 12.1 Å². The zero-order valence-corrected chi connectivity index (χ0v) is 22.8. The normalized spacial score (nSPS) is 23.1. The van der Waals surface area contributed by atoms with Crippen LogP contribution in [0.4, 0.5) is 0 Å². The van der Waals surface area contributed by atoms with E-state index in [1.54, 1.807) is 15.9 Å². The summed E-state index contributed by atoms with van der Waals surface area (Å²) in [5, 5.41) is 2.95. The average molecular weight is 537 g/mol. The van der Waals surface area contributed by atoms with E-state index < -0.39 is 17.6 Å². The molecular weight excluding hydrogens is 500 g/mol. The fourth-order valence-electron chi connectivity index (χ4n) is 6.18. The van der Waals surface area contributed by atoms with Crippen LogP contribution in [-0.2, 0) is 14.4 Å². The van der Waals surface area contributed by atoms with Gasteiger partial charge in [0.25, 0.3) is 5.91 Å². The number of nitrogens with two attached hydrogens (primary N) is 1. The molecule has 5 rings (SSSR count). The minimum atomic E-state index is -0.903. The standard InChI is InChI=1S/C29H36N4O4S/c1-18(2)16-20(31-26(35)24-11-10-23(38-24)19-8-4-3-5-9-19)27(36)32-15-12-21-25(32)22(34)17-33(21)28(37)29(30)13-6-7-14-29/h3-5,8-11,18,20-21,25H,6-7,12-17,30H2,1-2H3,(H,31,35). The van der Waals surface area contributed by atoms with Gasteiger partial charge in [0, 0.05) is 11.4 Å². The van der Waals surface area contributed by atoms with E-state index in [9.17, 15) is 19.2 Å². The van der Waals surface area contributed by atoms with Crippen LogP contribution in [0.3, 0.4) is 0 Å². The highest BCUT2D eigenvalue weighted by Gasteiger charge is 2.55. The Labute approximate surface area is 227 Å². The van der Waals surface area contributed by atoms with Crippen molar-refractivity contribution in [3.8, 4) is 10.4 Å². The number of rotatable bonds is 7. The van der Waals surface area contributed by atoms with Gasteiger partial charge in [-0.2, -0.15) is 0 Å². The summed E-state index contributed by atoms with van der Waals surface area (Å²) in [4.78, 5) is 58.2. The number of amides is 3. The number of nitrogens with one attached hydrogen (secondary N) is 1. The van der Waals surface area contributed by atoms with Crippen LogP contribution < -0.4 is 11.1 Å². The maximum atomic E-state index is 13.8. The molecule has 3 aliphatic rings. The van der Waals surface area contributed by atoms with Crippen LogP contribution in [0.15, 0.2) is 42.5 Å². The number of fused-ring (bicyclic) bond motifs is 1. The molecule has 3 N–H and O–H groups in total. The minimum Gasteiger partial charge on any atom is -0.340 e. The van der Waals surface area contributed by atoms with Gasteiger partial charge in [0.05, 0.1) is 23.0 Å². The molecule has 8 nitrogen and oxygen atoms in total. The summed E-state index contributed by atoms with van der Waals surface area (Å²) in [5.74, 6) is -0.693. The van der Waals surface area contributed by atoms with E-state index in [4.69, 9.17) is 5.73 Å². The Morgan fingerprint density at radius 1 is 1.08 bits per heavy atom.